The van der Waals surface area contributed by atoms with Crippen LogP contribution in [0, 0.1) is 0 Å². The highest BCUT2D eigenvalue weighted by Gasteiger charge is 2.42. The van der Waals surface area contributed by atoms with Crippen molar-refractivity contribution in [2.75, 3.05) is 34.1 Å². The average Bonchev–Trinajstić information content (AvgIpc) is 3.27. The van der Waals surface area contributed by atoms with Crippen molar-refractivity contribution in [2.45, 2.75) is 35.7 Å². The molecule has 4 rings (SSSR count). The number of hydrogen-bond donors (Lipinski definition) is 0. The minimum absolute atomic E-state index is 0.00161. The Labute approximate surface area is 193 Å². The second kappa shape index (κ2) is 8.67. The molecule has 1 fully saturated rings. The molecule has 0 N–H and O–H groups in total. The lowest BCUT2D eigenvalue weighted by molar-refractivity contribution is 0.163. The maximum Gasteiger partial charge on any atom is 0.243 e. The monoisotopic (exact) mass is 498 g/mol. The van der Waals surface area contributed by atoms with Crippen LogP contribution in [0.5, 0.6) is 23.0 Å². The first-order chi connectivity index (χ1) is 15.6. The van der Waals surface area contributed by atoms with Crippen molar-refractivity contribution in [3.63, 3.8) is 0 Å². The SMILES string of the molecule is COc1ccc(S(=O)(=O)N2C[C@H](C)N(S(=O)(=O)c3ccc4c(c3)OCO4)C[C@@H]2C)cc1OC. The number of rotatable bonds is 6. The highest BCUT2D eigenvalue weighted by molar-refractivity contribution is 7.89. The maximum absolute atomic E-state index is 13.4. The molecule has 1 saturated heterocycles. The van der Waals surface area contributed by atoms with Crippen LogP contribution in [0.2, 0.25) is 0 Å². The van der Waals surface area contributed by atoms with Crippen LogP contribution in [0.3, 0.4) is 0 Å². The smallest absolute Gasteiger partial charge is 0.243 e. The highest BCUT2D eigenvalue weighted by atomic mass is 32.2. The van der Waals surface area contributed by atoms with E-state index in [0.29, 0.717) is 23.0 Å². The first-order valence-electron chi connectivity index (χ1n) is 10.2. The number of ether oxygens (including phenoxy) is 4. The molecule has 0 bridgehead atoms. The summed E-state index contributed by atoms with van der Waals surface area (Å²) in [7, 11) is -4.89. The summed E-state index contributed by atoms with van der Waals surface area (Å²) in [5.74, 6) is 1.56. The Morgan fingerprint density at radius 1 is 0.758 bits per heavy atom. The predicted octanol–water partition coefficient (Wildman–Crippen LogP) is 1.90. The summed E-state index contributed by atoms with van der Waals surface area (Å²) in [5, 5.41) is 0. The fourth-order valence-corrected chi connectivity index (χ4v) is 7.46. The first-order valence-corrected chi connectivity index (χ1v) is 13.1. The van der Waals surface area contributed by atoms with E-state index < -0.39 is 32.1 Å². The van der Waals surface area contributed by atoms with Gasteiger partial charge in [0.05, 0.1) is 24.0 Å². The van der Waals surface area contributed by atoms with Crippen LogP contribution in [-0.4, -0.2) is 71.6 Å². The first kappa shape index (κ1) is 23.6. The molecular formula is C21H26N2O8S2. The molecule has 0 amide bonds. The van der Waals surface area contributed by atoms with Gasteiger partial charge in [-0.1, -0.05) is 0 Å². The van der Waals surface area contributed by atoms with Gasteiger partial charge in [0.25, 0.3) is 0 Å². The van der Waals surface area contributed by atoms with Crippen molar-refractivity contribution < 1.29 is 35.8 Å². The molecule has 2 aromatic rings. The molecule has 0 aliphatic carbocycles. The van der Waals surface area contributed by atoms with Gasteiger partial charge in [0.15, 0.2) is 23.0 Å². The second-order valence-electron chi connectivity index (χ2n) is 7.88. The summed E-state index contributed by atoms with van der Waals surface area (Å²) < 4.78 is 77.1. The summed E-state index contributed by atoms with van der Waals surface area (Å²) >= 11 is 0. The minimum Gasteiger partial charge on any atom is -0.493 e. The molecule has 0 saturated carbocycles. The number of piperazine rings is 1. The number of benzene rings is 2. The number of hydrogen-bond acceptors (Lipinski definition) is 8. The quantitative estimate of drug-likeness (QED) is 0.594. The van der Waals surface area contributed by atoms with Gasteiger partial charge in [-0.2, -0.15) is 8.61 Å². The summed E-state index contributed by atoms with van der Waals surface area (Å²) in [6, 6.07) is 7.65. The van der Waals surface area contributed by atoms with Crippen LogP contribution in [0.1, 0.15) is 13.8 Å². The number of fused-ring (bicyclic) bond motifs is 1. The second-order valence-corrected chi connectivity index (χ2v) is 11.7. The van der Waals surface area contributed by atoms with Gasteiger partial charge in [0, 0.05) is 37.3 Å². The third kappa shape index (κ3) is 4.12. The van der Waals surface area contributed by atoms with Crippen LogP contribution >= 0.6 is 0 Å². The molecule has 0 aromatic heterocycles. The molecule has 180 valence electrons. The Kier molecular flexibility index (Phi) is 6.20. The van der Waals surface area contributed by atoms with Crippen molar-refractivity contribution in [1.29, 1.82) is 0 Å². The van der Waals surface area contributed by atoms with Crippen LogP contribution in [0.25, 0.3) is 0 Å². The Balaban J connectivity index is 1.60. The number of methoxy groups -OCH3 is 2. The van der Waals surface area contributed by atoms with Crippen LogP contribution in [0.15, 0.2) is 46.2 Å². The lowest BCUT2D eigenvalue weighted by Gasteiger charge is -2.42. The summed E-state index contributed by atoms with van der Waals surface area (Å²) in [5.41, 5.74) is 0. The van der Waals surface area contributed by atoms with E-state index in [0.717, 1.165) is 0 Å². The Bertz CT molecular complexity index is 1260. The zero-order valence-corrected chi connectivity index (χ0v) is 20.4. The van der Waals surface area contributed by atoms with E-state index in [4.69, 9.17) is 18.9 Å². The average molecular weight is 499 g/mol. The van der Waals surface area contributed by atoms with Crippen LogP contribution < -0.4 is 18.9 Å². The third-order valence-corrected chi connectivity index (χ3v) is 9.74. The predicted molar refractivity (Wildman–Crippen MR) is 119 cm³/mol. The number of nitrogens with zero attached hydrogens (tertiary/aromatic N) is 2. The van der Waals surface area contributed by atoms with E-state index in [-0.39, 0.29) is 29.7 Å². The van der Waals surface area contributed by atoms with Gasteiger partial charge in [-0.05, 0) is 38.1 Å². The molecule has 0 radical (unpaired) electrons. The highest BCUT2D eigenvalue weighted by Crippen LogP contribution is 2.36. The van der Waals surface area contributed by atoms with Gasteiger partial charge in [0.1, 0.15) is 0 Å². The van der Waals surface area contributed by atoms with E-state index in [9.17, 15) is 16.8 Å². The third-order valence-electron chi connectivity index (χ3n) is 5.78. The number of sulfonamides is 2. The standard InChI is InChI=1S/C21H26N2O8S2/c1-14-12-23(33(26,27)17-6-8-19-21(10-17)31-13-30-19)15(2)11-22(14)32(24,25)16-5-7-18(28-3)20(9-16)29-4/h5-10,14-15H,11-13H2,1-4H3/t14-,15-/m0/s1. The molecule has 2 aromatic carbocycles. The summed E-state index contributed by atoms with van der Waals surface area (Å²) in [6.45, 7) is 3.42. The van der Waals surface area contributed by atoms with Crippen molar-refractivity contribution in [1.82, 2.24) is 8.61 Å². The van der Waals surface area contributed by atoms with E-state index >= 15 is 0 Å². The van der Waals surface area contributed by atoms with E-state index in [1.807, 2.05) is 0 Å². The lowest BCUT2D eigenvalue weighted by atomic mass is 10.2. The van der Waals surface area contributed by atoms with Crippen molar-refractivity contribution >= 4 is 20.0 Å². The van der Waals surface area contributed by atoms with Gasteiger partial charge in [-0.25, -0.2) is 16.8 Å². The molecule has 2 aliphatic heterocycles. The largest absolute Gasteiger partial charge is 0.493 e. The normalized spacial score (nSPS) is 21.7. The molecule has 0 spiro atoms. The zero-order chi connectivity index (χ0) is 24.0. The van der Waals surface area contributed by atoms with E-state index in [2.05, 4.69) is 0 Å². The van der Waals surface area contributed by atoms with Crippen molar-refractivity contribution in [3.8, 4) is 23.0 Å². The van der Waals surface area contributed by atoms with E-state index in [1.165, 1.54) is 53.2 Å². The summed E-state index contributed by atoms with van der Waals surface area (Å²) in [6.07, 6.45) is 0. The molecular weight excluding hydrogens is 472 g/mol. The molecule has 2 heterocycles. The maximum atomic E-state index is 13.4. The molecule has 12 heteroatoms. The summed E-state index contributed by atoms with van der Waals surface area (Å²) in [4.78, 5) is 0.119. The lowest BCUT2D eigenvalue weighted by Crippen LogP contribution is -2.59. The van der Waals surface area contributed by atoms with E-state index in [1.54, 1.807) is 19.9 Å². The van der Waals surface area contributed by atoms with Gasteiger partial charge >= 0.3 is 0 Å². The minimum atomic E-state index is -3.90. The topological polar surface area (TPSA) is 112 Å². The molecule has 33 heavy (non-hydrogen) atoms. The Morgan fingerprint density at radius 2 is 1.27 bits per heavy atom. The molecule has 2 aliphatic rings. The fraction of sp³-hybridized carbons (Fsp3) is 0.429. The molecule has 0 unspecified atom stereocenters. The van der Waals surface area contributed by atoms with Crippen molar-refractivity contribution in [3.05, 3.63) is 36.4 Å². The Morgan fingerprint density at radius 3 is 1.85 bits per heavy atom. The van der Waals surface area contributed by atoms with Crippen LogP contribution in [0.4, 0.5) is 0 Å². The van der Waals surface area contributed by atoms with Gasteiger partial charge in [0.2, 0.25) is 26.8 Å². The van der Waals surface area contributed by atoms with Gasteiger partial charge in [-0.15, -0.1) is 0 Å². The zero-order valence-electron chi connectivity index (χ0n) is 18.7. The van der Waals surface area contributed by atoms with Crippen molar-refractivity contribution in [2.24, 2.45) is 0 Å². The fourth-order valence-electron chi connectivity index (χ4n) is 4.02. The molecule has 10 nitrogen and oxygen atoms in total. The molecule has 2 atom stereocenters. The van der Waals surface area contributed by atoms with Gasteiger partial charge < -0.3 is 18.9 Å². The van der Waals surface area contributed by atoms with Gasteiger partial charge in [-0.3, -0.25) is 0 Å². The van der Waals surface area contributed by atoms with Crippen LogP contribution in [-0.2, 0) is 20.0 Å². The Hall–Kier alpha value is -2.54.